The molecule has 0 radical (unpaired) electrons. The maximum Gasteiger partial charge on any atom is 0.350 e. The summed E-state index contributed by atoms with van der Waals surface area (Å²) in [7, 11) is 0. The van der Waals surface area contributed by atoms with E-state index in [0.717, 1.165) is 27.6 Å². The Balaban J connectivity index is 1.78. The number of anilines is 1. The molecular weight excluding hydrogens is 396 g/mol. The smallest absolute Gasteiger partial charge is 0.350 e. The minimum atomic E-state index is -0.419. The van der Waals surface area contributed by atoms with Crippen LogP contribution in [0.15, 0.2) is 36.1 Å². The van der Waals surface area contributed by atoms with E-state index in [0.29, 0.717) is 28.9 Å². The molecule has 0 saturated carbocycles. The second kappa shape index (κ2) is 9.25. The molecule has 1 N–H and O–H groups in total. The lowest BCUT2D eigenvalue weighted by Gasteiger charge is -2.20. The normalized spacial score (nSPS) is 14.0. The van der Waals surface area contributed by atoms with Crippen LogP contribution in [0.1, 0.15) is 34.8 Å². The number of benzene rings is 1. The molecule has 1 aliphatic rings. The van der Waals surface area contributed by atoms with E-state index >= 15 is 0 Å². The van der Waals surface area contributed by atoms with Crippen LogP contribution in [0.2, 0.25) is 0 Å². The van der Waals surface area contributed by atoms with Crippen LogP contribution in [0.5, 0.6) is 0 Å². The lowest BCUT2D eigenvalue weighted by Crippen LogP contribution is -2.21. The van der Waals surface area contributed by atoms with Crippen LogP contribution >= 0.6 is 23.1 Å². The van der Waals surface area contributed by atoms with Crippen LogP contribution < -0.4 is 5.32 Å². The lowest BCUT2D eigenvalue weighted by molar-refractivity contribution is -0.115. The first-order chi connectivity index (χ1) is 13.5. The van der Waals surface area contributed by atoms with Gasteiger partial charge < -0.3 is 9.47 Å². The summed E-state index contributed by atoms with van der Waals surface area (Å²) in [5.41, 5.74) is 1.47. The zero-order valence-corrected chi connectivity index (χ0v) is 17.6. The average Bonchev–Trinajstić information content (AvgIpc) is 3.06. The van der Waals surface area contributed by atoms with Gasteiger partial charge in [0.2, 0.25) is 0 Å². The molecule has 1 amide bonds. The summed E-state index contributed by atoms with van der Waals surface area (Å²) in [6.07, 6.45) is 0. The number of thioether (sulfide) groups is 1. The Labute approximate surface area is 172 Å². The Hall–Kier alpha value is -2.32. The molecule has 2 heterocycles. The summed E-state index contributed by atoms with van der Waals surface area (Å²) in [4.78, 5) is 30.5. The highest BCUT2D eigenvalue weighted by Gasteiger charge is 2.25. The number of hydrogen-bond donors (Lipinski definition) is 1. The third-order valence-electron chi connectivity index (χ3n) is 3.77. The van der Waals surface area contributed by atoms with Gasteiger partial charge in [-0.2, -0.15) is 0 Å². The van der Waals surface area contributed by atoms with Gasteiger partial charge >= 0.3 is 5.97 Å². The van der Waals surface area contributed by atoms with Gasteiger partial charge in [-0.3, -0.25) is 10.1 Å². The highest BCUT2D eigenvalue weighted by atomic mass is 32.2. The van der Waals surface area contributed by atoms with Gasteiger partial charge in [0.05, 0.1) is 23.8 Å². The number of aromatic nitrogens is 1. The number of hydrogen-bond acceptors (Lipinski definition) is 7. The first-order valence-corrected chi connectivity index (χ1v) is 10.8. The van der Waals surface area contributed by atoms with Crippen LogP contribution in [0, 0.1) is 12.8 Å². The summed E-state index contributed by atoms with van der Waals surface area (Å²) in [5.74, 6) is 0.517. The molecule has 0 bridgehead atoms. The van der Waals surface area contributed by atoms with Crippen molar-refractivity contribution >= 4 is 45.0 Å². The fourth-order valence-corrected chi connectivity index (χ4v) is 4.30. The first-order valence-electron chi connectivity index (χ1n) is 8.97. The second-order valence-electron chi connectivity index (χ2n) is 6.60. The van der Waals surface area contributed by atoms with Gasteiger partial charge in [-0.05, 0) is 18.4 Å². The Morgan fingerprint density at radius 1 is 1.29 bits per heavy atom. The molecule has 0 saturated heterocycles. The molecule has 6 nitrogen and oxygen atoms in total. The standard InChI is InChI=1S/C20H22N2O4S2/c1-12(2)11-26-19(24)16-13(3)21-20(28-16)22-18(23)15-17(27-10-9-25-15)14-7-5-4-6-8-14/h4-8,12H,9-11H2,1-3H3,(H,21,22,23). The van der Waals surface area contributed by atoms with Gasteiger partial charge in [-0.25, -0.2) is 9.78 Å². The van der Waals surface area contributed by atoms with Crippen molar-refractivity contribution in [1.82, 2.24) is 4.98 Å². The molecule has 8 heteroatoms. The molecule has 1 aromatic heterocycles. The molecule has 1 aliphatic heterocycles. The summed E-state index contributed by atoms with van der Waals surface area (Å²) < 4.78 is 10.9. The van der Waals surface area contributed by atoms with Gasteiger partial charge in [-0.1, -0.05) is 55.5 Å². The van der Waals surface area contributed by atoms with Crippen LogP contribution in [-0.4, -0.2) is 35.8 Å². The number of carbonyl (C=O) groups excluding carboxylic acids is 2. The number of nitrogens with zero attached hydrogens (tertiary/aromatic N) is 1. The van der Waals surface area contributed by atoms with E-state index in [1.54, 1.807) is 18.7 Å². The molecule has 0 aliphatic carbocycles. The van der Waals surface area contributed by atoms with Gasteiger partial charge in [0, 0.05) is 5.75 Å². The van der Waals surface area contributed by atoms with Gasteiger partial charge in [0.15, 0.2) is 10.9 Å². The van der Waals surface area contributed by atoms with E-state index in [2.05, 4.69) is 10.3 Å². The molecule has 0 fully saturated rings. The predicted molar refractivity (Wildman–Crippen MR) is 112 cm³/mol. The fraction of sp³-hybridized carbons (Fsp3) is 0.350. The van der Waals surface area contributed by atoms with Crippen molar-refractivity contribution < 1.29 is 19.1 Å². The van der Waals surface area contributed by atoms with Crippen LogP contribution in [-0.2, 0) is 14.3 Å². The van der Waals surface area contributed by atoms with E-state index < -0.39 is 5.97 Å². The number of nitrogens with one attached hydrogen (secondary N) is 1. The lowest BCUT2D eigenvalue weighted by atomic mass is 10.2. The maximum atomic E-state index is 12.8. The first kappa shape index (κ1) is 20.4. The van der Waals surface area contributed by atoms with Crippen molar-refractivity contribution in [2.24, 2.45) is 5.92 Å². The number of amides is 1. The Kier molecular flexibility index (Phi) is 6.74. The second-order valence-corrected chi connectivity index (χ2v) is 8.71. The third-order valence-corrected chi connectivity index (χ3v) is 5.91. The minimum absolute atomic E-state index is 0.251. The fourth-order valence-electron chi connectivity index (χ4n) is 2.49. The Bertz CT molecular complexity index is 891. The number of esters is 1. The molecule has 0 spiro atoms. The van der Waals surface area contributed by atoms with Crippen molar-refractivity contribution in [3.63, 3.8) is 0 Å². The molecule has 0 atom stereocenters. The number of carbonyl (C=O) groups is 2. The molecule has 3 rings (SSSR count). The van der Waals surface area contributed by atoms with Gasteiger partial charge in [0.25, 0.3) is 5.91 Å². The monoisotopic (exact) mass is 418 g/mol. The van der Waals surface area contributed by atoms with Crippen molar-refractivity contribution in [1.29, 1.82) is 0 Å². The highest BCUT2D eigenvalue weighted by molar-refractivity contribution is 8.08. The number of ether oxygens (including phenoxy) is 2. The van der Waals surface area contributed by atoms with Crippen molar-refractivity contribution in [3.8, 4) is 0 Å². The molecule has 148 valence electrons. The van der Waals surface area contributed by atoms with Crippen LogP contribution in [0.3, 0.4) is 0 Å². The SMILES string of the molecule is Cc1nc(NC(=O)C2=C(c3ccccc3)SCCO2)sc1C(=O)OCC(C)C. The Morgan fingerprint density at radius 2 is 2.04 bits per heavy atom. The molecule has 2 aromatic rings. The summed E-state index contributed by atoms with van der Waals surface area (Å²) in [5, 5.41) is 3.10. The van der Waals surface area contributed by atoms with Crippen molar-refractivity contribution in [2.75, 3.05) is 24.3 Å². The number of thiazole rings is 1. The highest BCUT2D eigenvalue weighted by Crippen LogP contribution is 2.35. The summed E-state index contributed by atoms with van der Waals surface area (Å²) >= 11 is 2.69. The molecule has 1 aromatic carbocycles. The molecule has 0 unspecified atom stereocenters. The number of aryl methyl sites for hydroxylation is 1. The van der Waals surface area contributed by atoms with E-state index in [1.165, 1.54) is 0 Å². The van der Waals surface area contributed by atoms with Crippen molar-refractivity contribution in [2.45, 2.75) is 20.8 Å². The maximum absolute atomic E-state index is 12.8. The van der Waals surface area contributed by atoms with Crippen LogP contribution in [0.25, 0.3) is 4.91 Å². The van der Waals surface area contributed by atoms with Gasteiger partial charge in [0.1, 0.15) is 4.88 Å². The molecular formula is C20H22N2O4S2. The van der Waals surface area contributed by atoms with Crippen LogP contribution in [0.4, 0.5) is 5.13 Å². The summed E-state index contributed by atoms with van der Waals surface area (Å²) in [6.45, 7) is 6.47. The zero-order valence-electron chi connectivity index (χ0n) is 16.0. The molecule has 28 heavy (non-hydrogen) atoms. The van der Waals surface area contributed by atoms with Gasteiger partial charge in [-0.15, -0.1) is 11.8 Å². The van der Waals surface area contributed by atoms with Crippen molar-refractivity contribution in [3.05, 3.63) is 52.2 Å². The van der Waals surface area contributed by atoms with E-state index in [1.807, 2.05) is 44.2 Å². The summed E-state index contributed by atoms with van der Waals surface area (Å²) in [6, 6.07) is 9.66. The minimum Gasteiger partial charge on any atom is -0.486 e. The third kappa shape index (κ3) is 4.94. The Morgan fingerprint density at radius 3 is 2.75 bits per heavy atom. The largest absolute Gasteiger partial charge is 0.486 e. The topological polar surface area (TPSA) is 77.5 Å². The van der Waals surface area contributed by atoms with E-state index in [4.69, 9.17) is 9.47 Å². The van der Waals surface area contributed by atoms with E-state index in [-0.39, 0.29) is 17.6 Å². The quantitative estimate of drug-likeness (QED) is 0.704. The van der Waals surface area contributed by atoms with E-state index in [9.17, 15) is 9.59 Å². The number of rotatable bonds is 6. The average molecular weight is 419 g/mol. The zero-order chi connectivity index (χ0) is 20.1. The predicted octanol–water partition coefficient (Wildman–Crippen LogP) is 4.34.